The summed E-state index contributed by atoms with van der Waals surface area (Å²) >= 11 is 0. The highest BCUT2D eigenvalue weighted by Gasteiger charge is 2.48. The molecule has 0 aliphatic carbocycles. The Balaban J connectivity index is 1.14. The number of ketones is 1. The maximum absolute atomic E-state index is 15.2. The smallest absolute Gasteiger partial charge is 0.414 e. The number of aromatic nitrogens is 3. The van der Waals surface area contributed by atoms with Crippen LogP contribution in [-0.4, -0.2) is 166 Å². The molecule has 0 spiro atoms. The molecule has 4 aliphatic heterocycles. The third-order valence-electron chi connectivity index (χ3n) is 13.3. The lowest BCUT2D eigenvalue weighted by atomic mass is 9.79. The van der Waals surface area contributed by atoms with Crippen LogP contribution in [0.5, 0.6) is 0 Å². The zero-order chi connectivity index (χ0) is 48.5. The highest BCUT2D eigenvalue weighted by atomic mass is 19.1. The second kappa shape index (κ2) is 23.6. The Hall–Kier alpha value is -4.67. The van der Waals surface area contributed by atoms with Gasteiger partial charge in [0.2, 0.25) is 0 Å². The Bertz CT molecular complexity index is 2070. The molecule has 0 unspecified atom stereocenters. The van der Waals surface area contributed by atoms with E-state index in [1.165, 1.54) is 21.7 Å². The molecule has 1 aromatic carbocycles. The van der Waals surface area contributed by atoms with Gasteiger partial charge in [0.15, 0.2) is 12.1 Å². The fourth-order valence-corrected chi connectivity index (χ4v) is 9.46. The van der Waals surface area contributed by atoms with Crippen LogP contribution in [0.4, 0.5) is 20.6 Å². The number of hydrogen-bond acceptors (Lipinski definition) is 17. The Morgan fingerprint density at radius 2 is 1.79 bits per heavy atom. The number of amides is 1. The van der Waals surface area contributed by atoms with Gasteiger partial charge in [-0.2, -0.15) is 0 Å². The van der Waals surface area contributed by atoms with Crippen molar-refractivity contribution in [2.45, 2.75) is 128 Å². The van der Waals surface area contributed by atoms with Crippen LogP contribution in [0.3, 0.4) is 0 Å². The van der Waals surface area contributed by atoms with E-state index in [0.717, 1.165) is 0 Å². The highest BCUT2D eigenvalue weighted by Crippen LogP contribution is 2.35. The van der Waals surface area contributed by atoms with Gasteiger partial charge in [-0.1, -0.05) is 43.7 Å². The van der Waals surface area contributed by atoms with Crippen molar-refractivity contribution in [3.05, 3.63) is 59.7 Å². The summed E-state index contributed by atoms with van der Waals surface area (Å²) in [6.45, 7) is 10.8. The number of esters is 1. The number of carbonyl (C=O) groups is 4. The molecule has 20 heteroatoms. The molecule has 2 aromatic rings. The van der Waals surface area contributed by atoms with Crippen molar-refractivity contribution >= 4 is 35.5 Å². The van der Waals surface area contributed by atoms with Gasteiger partial charge in [-0.05, 0) is 63.9 Å². The topological polar surface area (TPSA) is 236 Å². The minimum absolute atomic E-state index is 0.0817. The molecule has 13 atom stereocenters. The largest absolute Gasteiger partial charge is 0.462 e. The van der Waals surface area contributed by atoms with E-state index in [2.05, 4.69) is 10.3 Å². The Labute approximate surface area is 390 Å². The third kappa shape index (κ3) is 12.9. The summed E-state index contributed by atoms with van der Waals surface area (Å²) in [7, 11) is 1.67. The van der Waals surface area contributed by atoms with Crippen molar-refractivity contribution in [3.63, 3.8) is 0 Å². The molecule has 370 valence electrons. The zero-order valence-electron chi connectivity index (χ0n) is 39.1. The molecule has 3 saturated heterocycles. The van der Waals surface area contributed by atoms with Gasteiger partial charge in [0.05, 0.1) is 86.9 Å². The monoisotopic (exact) mass is 942 g/mol. The van der Waals surface area contributed by atoms with Crippen molar-refractivity contribution in [1.29, 1.82) is 0 Å². The van der Waals surface area contributed by atoms with Crippen LogP contribution in [-0.2, 0) is 51.2 Å². The van der Waals surface area contributed by atoms with Crippen molar-refractivity contribution in [2.75, 3.05) is 56.3 Å². The summed E-state index contributed by atoms with van der Waals surface area (Å²) in [5.74, 6) is -4.09. The Morgan fingerprint density at radius 1 is 1.04 bits per heavy atom. The van der Waals surface area contributed by atoms with Crippen LogP contribution in [0.2, 0.25) is 0 Å². The molecular weight excluding hydrogens is 876 g/mol. The molecule has 4 aliphatic rings. The third-order valence-corrected chi connectivity index (χ3v) is 13.3. The van der Waals surface area contributed by atoms with Gasteiger partial charge in [0.1, 0.15) is 30.4 Å². The van der Waals surface area contributed by atoms with E-state index >= 15 is 4.39 Å². The molecule has 19 nitrogen and oxygen atoms in total. The molecule has 4 N–H and O–H groups in total. The van der Waals surface area contributed by atoms with Gasteiger partial charge < -0.3 is 53.8 Å². The molecule has 3 fully saturated rings. The predicted molar refractivity (Wildman–Crippen MR) is 240 cm³/mol. The number of hydrogen-bond donors (Lipinski definition) is 4. The second-order valence-corrected chi connectivity index (χ2v) is 18.3. The van der Waals surface area contributed by atoms with E-state index in [9.17, 15) is 39.6 Å². The van der Waals surface area contributed by atoms with E-state index in [1.54, 1.807) is 77.0 Å². The number of morpholine rings is 1. The molecule has 67 heavy (non-hydrogen) atoms. The Kier molecular flexibility index (Phi) is 18.2. The first kappa shape index (κ1) is 51.7. The zero-order valence-corrected chi connectivity index (χ0v) is 39.1. The predicted octanol–water partition coefficient (Wildman–Crippen LogP) is 2.57. The second-order valence-electron chi connectivity index (χ2n) is 18.3. The fourth-order valence-electron chi connectivity index (χ4n) is 9.46. The van der Waals surface area contributed by atoms with Crippen molar-refractivity contribution in [1.82, 2.24) is 19.9 Å². The number of benzene rings is 1. The number of aldehydes is 1. The summed E-state index contributed by atoms with van der Waals surface area (Å²) in [5.41, 5.74) is 1.94. The van der Waals surface area contributed by atoms with Crippen LogP contribution >= 0.6 is 0 Å². The maximum atomic E-state index is 15.2. The first-order valence-corrected chi connectivity index (χ1v) is 23.2. The van der Waals surface area contributed by atoms with E-state index in [0.29, 0.717) is 61.7 Å². The van der Waals surface area contributed by atoms with E-state index < -0.39 is 103 Å². The number of anilines is 2. The lowest BCUT2D eigenvalue weighted by Gasteiger charge is -2.47. The molecule has 1 aromatic heterocycles. The average molecular weight is 943 g/mol. The number of carbonyl (C=O) groups excluding carboxylic acids is 4. The number of nitrogens with zero attached hydrogens (tertiary/aromatic N) is 6. The first-order valence-electron chi connectivity index (χ1n) is 23.2. The van der Waals surface area contributed by atoms with Crippen molar-refractivity contribution in [2.24, 2.45) is 23.7 Å². The SMILES string of the molecule is CC[C@H]1OC(=O)C[C@@H](O)[C@H](C)[C@@H](O[C@@H]2O[C@H](C)[C@@H](O)[C@H](N(C)Cc3cn(C[C@H]4CN(c5ccc(N6CCOCC6)c(F)c5)C(=O)O4)nn3)[C@H]2O)[C@@H](CC=O)C[C@@H](C)C(=O)/C=C/C(C)=C/[C@@H]1CO. The number of aliphatic hydroxyl groups is 4. The summed E-state index contributed by atoms with van der Waals surface area (Å²) < 4.78 is 46.1. The minimum Gasteiger partial charge on any atom is -0.462 e. The summed E-state index contributed by atoms with van der Waals surface area (Å²) in [6, 6.07) is 3.66. The van der Waals surface area contributed by atoms with Gasteiger partial charge >= 0.3 is 12.1 Å². The number of halogens is 1. The van der Waals surface area contributed by atoms with Crippen molar-refractivity contribution < 1.29 is 67.7 Å². The Morgan fingerprint density at radius 3 is 2.48 bits per heavy atom. The van der Waals surface area contributed by atoms with E-state index in [4.69, 9.17) is 23.7 Å². The normalized spacial score (nSPS) is 34.1. The van der Waals surface area contributed by atoms with Gasteiger partial charge in [0.25, 0.3) is 0 Å². The van der Waals surface area contributed by atoms with Crippen LogP contribution in [0.1, 0.15) is 66.0 Å². The number of rotatable bonds is 13. The maximum Gasteiger partial charge on any atom is 0.414 e. The summed E-state index contributed by atoms with van der Waals surface area (Å²) in [5, 5.41) is 53.6. The average Bonchev–Trinajstić information content (AvgIpc) is 3.91. The molecular formula is C47H67FN6O13. The van der Waals surface area contributed by atoms with Crippen LogP contribution in [0.15, 0.2) is 48.2 Å². The van der Waals surface area contributed by atoms with E-state index in [-0.39, 0.29) is 44.9 Å². The quantitative estimate of drug-likeness (QED) is 0.167. The fraction of sp³-hybridized carbons (Fsp3) is 0.660. The lowest BCUT2D eigenvalue weighted by molar-refractivity contribution is -0.305. The van der Waals surface area contributed by atoms with Crippen LogP contribution in [0.25, 0.3) is 0 Å². The van der Waals surface area contributed by atoms with Crippen LogP contribution in [0, 0.1) is 29.5 Å². The molecule has 1 amide bonds. The van der Waals surface area contributed by atoms with Crippen molar-refractivity contribution in [3.8, 4) is 0 Å². The molecule has 0 saturated carbocycles. The number of aliphatic hydroxyl groups excluding tert-OH is 4. The summed E-state index contributed by atoms with van der Waals surface area (Å²) in [4.78, 5) is 56.8. The van der Waals surface area contributed by atoms with Gasteiger partial charge in [-0.25, -0.2) is 13.9 Å². The molecule has 0 bridgehead atoms. The first-order chi connectivity index (χ1) is 32.0. The van der Waals surface area contributed by atoms with Gasteiger partial charge in [0, 0.05) is 50.0 Å². The standard InChI is InChI=1S/C47H67FN6O13/c1-7-40-32(26-56)18-27(2)8-11-38(57)28(3)19-31(12-15-55)45(29(4)39(58)21-41(59)66-40)67-46-44(61)42(43(60)30(5)64-46)51(6)22-33-23-53(50-49-33)24-35-25-54(47(62)65-35)34-9-10-37(36(48)20-34)52-13-16-63-17-14-52/h8-11,15,18,20,23,28-32,35,39-40,42-46,56,58,60-61H,7,12-14,16-17,19,21-22,24-26H2,1-6H3/b11-8+,27-18+/t28-,29+,30-,31+,32-,35+,39-,40-,42+,43-,44-,45-,46+/m1/s1. The molecule has 5 heterocycles. The van der Waals surface area contributed by atoms with Gasteiger partial charge in [-0.15, -0.1) is 5.10 Å². The van der Waals surface area contributed by atoms with Gasteiger partial charge in [-0.3, -0.25) is 19.4 Å². The van der Waals surface area contributed by atoms with E-state index in [1.807, 2.05) is 4.90 Å². The molecule has 0 radical (unpaired) electrons. The number of likely N-dealkylation sites (N-methyl/N-ethyl adjacent to an activating group) is 1. The molecule has 6 rings (SSSR count). The minimum atomic E-state index is -1.49. The van der Waals surface area contributed by atoms with Crippen LogP contribution < -0.4 is 9.80 Å². The lowest BCUT2D eigenvalue weighted by Crippen LogP contribution is -2.63. The number of allylic oxidation sites excluding steroid dienone is 3. The summed E-state index contributed by atoms with van der Waals surface area (Å²) in [6.07, 6.45) is -2.20. The number of ether oxygens (including phenoxy) is 5. The number of cyclic esters (lactones) is 2. The highest BCUT2D eigenvalue weighted by molar-refractivity contribution is 5.92.